The Kier molecular flexibility index (Phi) is 4.04. The second kappa shape index (κ2) is 5.68. The monoisotopic (exact) mass is 314 g/mol. The molecule has 2 aliphatic rings. The van der Waals surface area contributed by atoms with E-state index in [4.69, 9.17) is 4.74 Å². The molecule has 1 aliphatic heterocycles. The van der Waals surface area contributed by atoms with Gasteiger partial charge in [0.25, 0.3) is 0 Å². The molecular formula is C13H22N4O3S. The molecular weight excluding hydrogens is 292 g/mol. The molecule has 7 nitrogen and oxygen atoms in total. The molecule has 1 aromatic rings. The van der Waals surface area contributed by atoms with Crippen molar-refractivity contribution >= 4 is 10.0 Å². The first-order valence-electron chi connectivity index (χ1n) is 7.34. The quantitative estimate of drug-likeness (QED) is 0.745. The van der Waals surface area contributed by atoms with Gasteiger partial charge in [0, 0.05) is 25.4 Å². The number of sulfonamides is 1. The van der Waals surface area contributed by atoms with Crippen molar-refractivity contribution in [1.29, 1.82) is 0 Å². The number of hydrogen-bond acceptors (Lipinski definition) is 5. The highest BCUT2D eigenvalue weighted by Gasteiger charge is 2.35. The number of aromatic nitrogens is 2. The SMILES string of the molecule is CC1(NS(=O)(=O)c2cnn(CCNC3CC3)c2)CCOC1. The van der Waals surface area contributed by atoms with E-state index in [1.165, 1.54) is 19.0 Å². The summed E-state index contributed by atoms with van der Waals surface area (Å²) in [5.74, 6) is 0. The molecule has 0 radical (unpaired) electrons. The van der Waals surface area contributed by atoms with E-state index in [1.807, 2.05) is 6.92 Å². The standard InChI is InChI=1S/C13H22N4O3S/c1-13(4-7-20-10-13)16-21(18,19)12-8-15-17(9-12)6-5-14-11-2-3-11/h8-9,11,14,16H,2-7,10H2,1H3. The molecule has 3 rings (SSSR count). The van der Waals surface area contributed by atoms with E-state index in [-0.39, 0.29) is 4.90 Å². The molecule has 21 heavy (non-hydrogen) atoms. The van der Waals surface area contributed by atoms with Gasteiger partial charge in [-0.1, -0.05) is 0 Å². The second-order valence-electron chi connectivity index (χ2n) is 6.14. The lowest BCUT2D eigenvalue weighted by atomic mass is 10.0. The summed E-state index contributed by atoms with van der Waals surface area (Å²) in [6.45, 7) is 4.34. The lowest BCUT2D eigenvalue weighted by molar-refractivity contribution is 0.178. The first-order valence-corrected chi connectivity index (χ1v) is 8.83. The van der Waals surface area contributed by atoms with Crippen molar-refractivity contribution in [3.63, 3.8) is 0 Å². The minimum Gasteiger partial charge on any atom is -0.379 e. The largest absolute Gasteiger partial charge is 0.379 e. The Morgan fingerprint density at radius 3 is 3.00 bits per heavy atom. The fourth-order valence-corrected chi connectivity index (χ4v) is 3.78. The van der Waals surface area contributed by atoms with Crippen molar-refractivity contribution < 1.29 is 13.2 Å². The van der Waals surface area contributed by atoms with Gasteiger partial charge in [-0.15, -0.1) is 0 Å². The average molecular weight is 314 g/mol. The zero-order chi connectivity index (χ0) is 14.9. The number of ether oxygens (including phenoxy) is 1. The molecule has 1 aliphatic carbocycles. The van der Waals surface area contributed by atoms with Crippen LogP contribution in [0.3, 0.4) is 0 Å². The Bertz CT molecular complexity index is 588. The van der Waals surface area contributed by atoms with Gasteiger partial charge in [0.05, 0.1) is 24.9 Å². The van der Waals surface area contributed by atoms with Gasteiger partial charge in [-0.3, -0.25) is 4.68 Å². The van der Waals surface area contributed by atoms with Crippen LogP contribution in [0.1, 0.15) is 26.2 Å². The average Bonchev–Trinajstić information content (AvgIpc) is 2.93. The maximum absolute atomic E-state index is 12.4. The Morgan fingerprint density at radius 1 is 1.52 bits per heavy atom. The predicted octanol–water partition coefficient (Wildman–Crippen LogP) is 0.0924. The van der Waals surface area contributed by atoms with Crippen LogP contribution in [0.2, 0.25) is 0 Å². The zero-order valence-electron chi connectivity index (χ0n) is 12.2. The summed E-state index contributed by atoms with van der Waals surface area (Å²) in [6.07, 6.45) is 6.15. The zero-order valence-corrected chi connectivity index (χ0v) is 13.0. The Hall–Kier alpha value is -0.960. The van der Waals surface area contributed by atoms with Gasteiger partial charge in [-0.2, -0.15) is 5.10 Å². The van der Waals surface area contributed by atoms with E-state index in [1.54, 1.807) is 10.9 Å². The number of hydrogen-bond donors (Lipinski definition) is 2. The molecule has 0 spiro atoms. The van der Waals surface area contributed by atoms with Crippen molar-refractivity contribution in [2.75, 3.05) is 19.8 Å². The van der Waals surface area contributed by atoms with Crippen molar-refractivity contribution in [2.24, 2.45) is 0 Å². The van der Waals surface area contributed by atoms with E-state index in [9.17, 15) is 8.42 Å². The summed E-state index contributed by atoms with van der Waals surface area (Å²) in [7, 11) is -3.54. The van der Waals surface area contributed by atoms with Crippen LogP contribution in [0, 0.1) is 0 Å². The molecule has 1 atom stereocenters. The van der Waals surface area contributed by atoms with Crippen molar-refractivity contribution in [3.05, 3.63) is 12.4 Å². The minimum atomic E-state index is -3.54. The van der Waals surface area contributed by atoms with E-state index in [2.05, 4.69) is 15.1 Å². The maximum atomic E-state index is 12.4. The van der Waals surface area contributed by atoms with E-state index >= 15 is 0 Å². The molecule has 1 aromatic heterocycles. The molecule has 0 aromatic carbocycles. The molecule has 2 N–H and O–H groups in total. The highest BCUT2D eigenvalue weighted by atomic mass is 32.2. The molecule has 2 fully saturated rings. The normalized spacial score (nSPS) is 26.3. The van der Waals surface area contributed by atoms with Crippen molar-refractivity contribution in [3.8, 4) is 0 Å². The van der Waals surface area contributed by atoms with Gasteiger partial charge in [0.1, 0.15) is 4.90 Å². The topological polar surface area (TPSA) is 85.2 Å². The van der Waals surface area contributed by atoms with Gasteiger partial charge in [-0.25, -0.2) is 13.1 Å². The third-order valence-corrected chi connectivity index (χ3v) is 5.46. The van der Waals surface area contributed by atoms with Crippen LogP contribution >= 0.6 is 0 Å². The Labute approximate surface area is 125 Å². The summed E-state index contributed by atoms with van der Waals surface area (Å²) in [4.78, 5) is 0.210. The summed E-state index contributed by atoms with van der Waals surface area (Å²) < 4.78 is 34.4. The molecule has 2 heterocycles. The summed E-state index contributed by atoms with van der Waals surface area (Å²) in [6, 6.07) is 0.646. The third-order valence-electron chi connectivity index (χ3n) is 3.87. The highest BCUT2D eigenvalue weighted by molar-refractivity contribution is 7.89. The molecule has 8 heteroatoms. The van der Waals surface area contributed by atoms with Crippen LogP contribution in [0.4, 0.5) is 0 Å². The predicted molar refractivity (Wildman–Crippen MR) is 77.4 cm³/mol. The van der Waals surface area contributed by atoms with Crippen LogP contribution in [-0.2, 0) is 21.3 Å². The Balaban J connectivity index is 1.60. The number of nitrogens with one attached hydrogen (secondary N) is 2. The van der Waals surface area contributed by atoms with Gasteiger partial charge in [0.15, 0.2) is 0 Å². The van der Waals surface area contributed by atoms with Crippen LogP contribution < -0.4 is 10.0 Å². The molecule has 1 saturated heterocycles. The smallest absolute Gasteiger partial charge is 0.244 e. The van der Waals surface area contributed by atoms with Crippen molar-refractivity contribution in [1.82, 2.24) is 19.8 Å². The van der Waals surface area contributed by atoms with Crippen molar-refractivity contribution in [2.45, 2.75) is 49.2 Å². The van der Waals surface area contributed by atoms with Gasteiger partial charge in [0.2, 0.25) is 10.0 Å². The molecule has 118 valence electrons. The number of rotatable bonds is 7. The number of nitrogens with zero attached hydrogens (tertiary/aromatic N) is 2. The Morgan fingerprint density at radius 2 is 2.33 bits per heavy atom. The first kappa shape index (κ1) is 15.0. The van der Waals surface area contributed by atoms with E-state index < -0.39 is 15.6 Å². The lowest BCUT2D eigenvalue weighted by Gasteiger charge is -2.22. The minimum absolute atomic E-state index is 0.210. The summed E-state index contributed by atoms with van der Waals surface area (Å²) in [5.41, 5.74) is -0.519. The van der Waals surface area contributed by atoms with Crippen LogP contribution in [0.25, 0.3) is 0 Å². The van der Waals surface area contributed by atoms with Crippen LogP contribution in [-0.4, -0.2) is 49.5 Å². The lowest BCUT2D eigenvalue weighted by Crippen LogP contribution is -2.46. The van der Waals surface area contributed by atoms with E-state index in [0.717, 1.165) is 6.54 Å². The first-order chi connectivity index (χ1) is 9.97. The fourth-order valence-electron chi connectivity index (χ4n) is 2.41. The summed E-state index contributed by atoms with van der Waals surface area (Å²) in [5, 5.41) is 7.50. The summed E-state index contributed by atoms with van der Waals surface area (Å²) >= 11 is 0. The molecule has 1 saturated carbocycles. The molecule has 0 bridgehead atoms. The van der Waals surface area contributed by atoms with Gasteiger partial charge >= 0.3 is 0 Å². The van der Waals surface area contributed by atoms with Gasteiger partial charge < -0.3 is 10.1 Å². The van der Waals surface area contributed by atoms with Crippen LogP contribution in [0.15, 0.2) is 17.3 Å². The van der Waals surface area contributed by atoms with E-state index in [0.29, 0.717) is 32.2 Å². The fraction of sp³-hybridized carbons (Fsp3) is 0.769. The maximum Gasteiger partial charge on any atom is 0.244 e. The highest BCUT2D eigenvalue weighted by Crippen LogP contribution is 2.21. The second-order valence-corrected chi connectivity index (χ2v) is 7.82. The van der Waals surface area contributed by atoms with Crippen LogP contribution in [0.5, 0.6) is 0 Å². The van der Waals surface area contributed by atoms with Gasteiger partial charge in [-0.05, 0) is 26.2 Å². The molecule has 1 unspecified atom stereocenters. The third kappa shape index (κ3) is 3.82. The molecule has 0 amide bonds.